The number of sulfonamides is 1. The van der Waals surface area contributed by atoms with Crippen molar-refractivity contribution in [3.05, 3.63) is 48.3 Å². The lowest BCUT2D eigenvalue weighted by Crippen LogP contribution is -2.49. The summed E-state index contributed by atoms with van der Waals surface area (Å²) >= 11 is 0. The highest BCUT2D eigenvalue weighted by atomic mass is 32.2. The molecule has 3 amide bonds. The Morgan fingerprint density at radius 2 is 1.79 bits per heavy atom. The molecule has 2 aromatic rings. The highest BCUT2D eigenvalue weighted by Gasteiger charge is 2.51. The molecule has 1 aliphatic heterocycles. The molecule has 0 aromatic heterocycles. The van der Waals surface area contributed by atoms with Crippen LogP contribution < -0.4 is 25.4 Å². The molecule has 1 aliphatic rings. The largest absolute Gasteiger partial charge is 0.484 e. The maximum atomic E-state index is 13.6. The summed E-state index contributed by atoms with van der Waals surface area (Å²) in [4.78, 5) is 35.4. The monoisotopic (exact) mass is 618 g/mol. The van der Waals surface area contributed by atoms with Gasteiger partial charge in [0, 0.05) is 18.0 Å². The summed E-state index contributed by atoms with van der Waals surface area (Å²) in [5.41, 5.74) is 2.14. The zero-order chi connectivity index (χ0) is 31.5. The molecule has 3 rings (SSSR count). The summed E-state index contributed by atoms with van der Waals surface area (Å²) in [6, 6.07) is 7.72. The molecule has 2 aromatic carbocycles. The number of ether oxygens (including phenoxy) is 2. The fourth-order valence-electron chi connectivity index (χ4n) is 3.77. The molecule has 0 saturated heterocycles. The van der Waals surface area contributed by atoms with Gasteiger partial charge in [0.25, 0.3) is 10.0 Å². The van der Waals surface area contributed by atoms with Crippen LogP contribution in [-0.2, 0) is 24.3 Å². The van der Waals surface area contributed by atoms with Crippen LogP contribution in [0.25, 0.3) is 0 Å². The second kappa shape index (κ2) is 12.4. The van der Waals surface area contributed by atoms with Gasteiger partial charge in [-0.05, 0) is 62.7 Å². The molecule has 16 heteroatoms. The normalized spacial score (nSPS) is 16.1. The number of benzene rings is 2. The van der Waals surface area contributed by atoms with Gasteiger partial charge in [0.05, 0.1) is 23.7 Å². The summed E-state index contributed by atoms with van der Waals surface area (Å²) in [5, 5.41) is 4.79. The van der Waals surface area contributed by atoms with Crippen molar-refractivity contribution in [2.45, 2.75) is 56.4 Å². The average molecular weight is 619 g/mol. The van der Waals surface area contributed by atoms with Crippen LogP contribution in [0.5, 0.6) is 5.75 Å². The molecule has 0 bridgehead atoms. The van der Waals surface area contributed by atoms with E-state index in [-0.39, 0.29) is 48.0 Å². The second-order valence-corrected chi connectivity index (χ2v) is 11.9. The third-order valence-corrected chi connectivity index (χ3v) is 8.14. The van der Waals surface area contributed by atoms with Crippen molar-refractivity contribution in [1.29, 1.82) is 0 Å². The molecule has 11 nitrogen and oxygen atoms in total. The number of hydrogen-bond acceptors (Lipinski definition) is 7. The predicted molar refractivity (Wildman–Crippen MR) is 143 cm³/mol. The minimum atomic E-state index is -4.85. The van der Waals surface area contributed by atoms with E-state index < -0.39 is 57.5 Å². The number of anilines is 2. The molecular formula is C26H30F4N4O7S. The summed E-state index contributed by atoms with van der Waals surface area (Å²) < 4.78 is 91.4. The number of hydrogen-bond donors (Lipinski definition) is 3. The van der Waals surface area contributed by atoms with Crippen molar-refractivity contribution in [3.8, 4) is 5.75 Å². The maximum absolute atomic E-state index is 13.6. The van der Waals surface area contributed by atoms with E-state index in [2.05, 4.69) is 15.4 Å². The Kier molecular flexibility index (Phi) is 9.59. The van der Waals surface area contributed by atoms with E-state index in [1.807, 2.05) is 0 Å². The number of primary amides is 1. The number of nitrogens with one attached hydrogen (secondary N) is 2. The van der Waals surface area contributed by atoms with Crippen LogP contribution in [-0.4, -0.2) is 57.3 Å². The third-order valence-electron chi connectivity index (χ3n) is 6.34. The van der Waals surface area contributed by atoms with Gasteiger partial charge in [-0.3, -0.25) is 19.2 Å². The van der Waals surface area contributed by atoms with Gasteiger partial charge in [-0.25, -0.2) is 17.6 Å². The van der Waals surface area contributed by atoms with E-state index in [9.17, 15) is 40.4 Å². The van der Waals surface area contributed by atoms with E-state index in [0.29, 0.717) is 13.8 Å². The van der Waals surface area contributed by atoms with Gasteiger partial charge in [0.15, 0.2) is 0 Å². The molecule has 42 heavy (non-hydrogen) atoms. The number of rotatable bonds is 10. The molecule has 4 N–H and O–H groups in total. The number of carbonyl (C=O) groups excluding carboxylic acids is 3. The maximum Gasteiger partial charge on any atom is 0.427 e. The average Bonchev–Trinajstić information content (AvgIpc) is 2.89. The molecular weight excluding hydrogens is 588 g/mol. The Morgan fingerprint density at radius 3 is 2.38 bits per heavy atom. The van der Waals surface area contributed by atoms with Gasteiger partial charge in [-0.15, -0.1) is 0 Å². The molecule has 2 unspecified atom stereocenters. The Hall–Kier alpha value is -4.08. The zero-order valence-electron chi connectivity index (χ0n) is 22.8. The highest BCUT2D eigenvalue weighted by molar-refractivity contribution is 7.92. The van der Waals surface area contributed by atoms with Crippen molar-refractivity contribution in [3.63, 3.8) is 0 Å². The van der Waals surface area contributed by atoms with Crippen molar-refractivity contribution >= 4 is 39.3 Å². The molecule has 230 valence electrons. The van der Waals surface area contributed by atoms with E-state index >= 15 is 0 Å². The van der Waals surface area contributed by atoms with Crippen molar-refractivity contribution in [2.75, 3.05) is 22.7 Å². The smallest absolute Gasteiger partial charge is 0.427 e. The first-order chi connectivity index (χ1) is 19.4. The van der Waals surface area contributed by atoms with Crippen LogP contribution in [0.1, 0.15) is 33.6 Å². The lowest BCUT2D eigenvalue weighted by atomic mass is 10.0. The van der Waals surface area contributed by atoms with Crippen molar-refractivity contribution in [2.24, 2.45) is 11.7 Å². The Labute approximate surface area is 239 Å². The first kappa shape index (κ1) is 32.4. The van der Waals surface area contributed by atoms with E-state index in [1.165, 1.54) is 18.2 Å². The number of fused-ring (bicyclic) bond motifs is 1. The first-order valence-corrected chi connectivity index (χ1v) is 14.1. The van der Waals surface area contributed by atoms with Crippen molar-refractivity contribution < 1.29 is 49.8 Å². The summed E-state index contributed by atoms with van der Waals surface area (Å²) in [6.07, 6.45) is -6.98. The fourth-order valence-corrected chi connectivity index (χ4v) is 5.27. The van der Waals surface area contributed by atoms with E-state index in [1.54, 1.807) is 6.92 Å². The van der Waals surface area contributed by atoms with Crippen LogP contribution in [0.15, 0.2) is 47.4 Å². The summed E-state index contributed by atoms with van der Waals surface area (Å²) in [6.45, 7) is 2.46. The quantitative estimate of drug-likeness (QED) is 0.343. The molecule has 0 saturated carbocycles. The number of nitrogens with two attached hydrogens (primary N) is 1. The van der Waals surface area contributed by atoms with Gasteiger partial charge in [0.2, 0.25) is 17.4 Å². The Bertz CT molecular complexity index is 1430. The second-order valence-electron chi connectivity index (χ2n) is 10.1. The number of halogens is 4. The van der Waals surface area contributed by atoms with Crippen LogP contribution in [0.4, 0.5) is 33.7 Å². The topological polar surface area (TPSA) is 157 Å². The fraction of sp³-hybridized carbons (Fsp3) is 0.423. The third kappa shape index (κ3) is 7.80. The molecule has 0 radical (unpaired) electrons. The predicted octanol–water partition coefficient (Wildman–Crippen LogP) is 3.69. The molecule has 0 fully saturated rings. The van der Waals surface area contributed by atoms with Gasteiger partial charge < -0.3 is 20.5 Å². The summed E-state index contributed by atoms with van der Waals surface area (Å²) in [7, 11) is -4.36. The number of amides is 3. The van der Waals surface area contributed by atoms with Gasteiger partial charge in [0.1, 0.15) is 17.7 Å². The standard InChI is InChI=1S/C26H30F4N4O7S/c1-15(4-11-22(31)35)23(36)32-13-18-14-34(42(38,39)19-8-5-16(27)6-9-19)20-12-17(7-10-21(20)40-18)33-24(37)41-25(2,3)26(28,29)30/h5-10,12,15,18H,4,11,13-14H2,1-3H3,(H2,31,35)(H,32,36)(H,33,37). The van der Waals surface area contributed by atoms with Gasteiger partial charge in [-0.1, -0.05) is 6.92 Å². The molecule has 0 spiro atoms. The lowest BCUT2D eigenvalue weighted by Gasteiger charge is -2.36. The van der Waals surface area contributed by atoms with Crippen LogP contribution in [0.2, 0.25) is 0 Å². The SMILES string of the molecule is CC(CCC(N)=O)C(=O)NCC1CN(S(=O)(=O)c2ccc(F)cc2)c2cc(NC(=O)OC(C)(C)C(F)(F)F)ccc2O1. The number of alkyl halides is 3. The number of carbonyl (C=O) groups is 3. The Balaban J connectivity index is 1.88. The van der Waals surface area contributed by atoms with Crippen LogP contribution in [0, 0.1) is 11.7 Å². The van der Waals surface area contributed by atoms with Crippen LogP contribution in [0.3, 0.4) is 0 Å². The van der Waals surface area contributed by atoms with E-state index in [0.717, 1.165) is 28.6 Å². The minimum absolute atomic E-state index is 0.00317. The van der Waals surface area contributed by atoms with Crippen molar-refractivity contribution in [1.82, 2.24) is 5.32 Å². The molecule has 1 heterocycles. The van der Waals surface area contributed by atoms with Gasteiger partial charge in [-0.2, -0.15) is 13.2 Å². The van der Waals surface area contributed by atoms with Crippen LogP contribution >= 0.6 is 0 Å². The number of nitrogens with zero attached hydrogens (tertiary/aromatic N) is 1. The molecule has 0 aliphatic carbocycles. The van der Waals surface area contributed by atoms with E-state index in [4.69, 9.17) is 10.5 Å². The zero-order valence-corrected chi connectivity index (χ0v) is 23.6. The molecule has 2 atom stereocenters. The Morgan fingerprint density at radius 1 is 1.14 bits per heavy atom. The minimum Gasteiger partial charge on any atom is -0.484 e. The summed E-state index contributed by atoms with van der Waals surface area (Å²) in [5.74, 6) is -2.20. The highest BCUT2D eigenvalue weighted by Crippen LogP contribution is 2.39. The lowest BCUT2D eigenvalue weighted by molar-refractivity contribution is -0.242. The van der Waals surface area contributed by atoms with Gasteiger partial charge >= 0.3 is 12.3 Å². The first-order valence-electron chi connectivity index (χ1n) is 12.6.